The molecule has 1 heterocycles. The Balaban J connectivity index is 1.75. The monoisotopic (exact) mass is 236 g/mol. The van der Waals surface area contributed by atoms with E-state index < -0.39 is 0 Å². The van der Waals surface area contributed by atoms with Crippen molar-refractivity contribution < 1.29 is 14.2 Å². The molecule has 1 aromatic carbocycles. The molecule has 0 bridgehead atoms. The third kappa shape index (κ3) is 3.72. The van der Waals surface area contributed by atoms with Gasteiger partial charge in [-0.25, -0.2) is 0 Å². The Morgan fingerprint density at radius 2 is 1.94 bits per heavy atom. The largest absolute Gasteiger partial charge is 0.493 e. The lowest BCUT2D eigenvalue weighted by atomic mass is 10.1. The van der Waals surface area contributed by atoms with Gasteiger partial charge in [0.05, 0.1) is 19.8 Å². The third-order valence-corrected chi connectivity index (χ3v) is 3.00. The molecule has 0 spiro atoms. The lowest BCUT2D eigenvalue weighted by Crippen LogP contribution is -2.26. The molecular formula is C14H20O3. The molecule has 94 valence electrons. The minimum absolute atomic E-state index is 0.0877. The molecule has 3 heteroatoms. The summed E-state index contributed by atoms with van der Waals surface area (Å²) in [6, 6.07) is 6.15. The van der Waals surface area contributed by atoms with Crippen LogP contribution in [0.25, 0.3) is 0 Å². The smallest absolute Gasteiger partial charge is 0.160 e. The van der Waals surface area contributed by atoms with E-state index in [0.717, 1.165) is 31.8 Å². The number of rotatable bonds is 4. The predicted octanol–water partition coefficient (Wildman–Crippen LogP) is 2.84. The van der Waals surface area contributed by atoms with Crippen LogP contribution in [-0.4, -0.2) is 26.1 Å². The van der Waals surface area contributed by atoms with Gasteiger partial charge in [0.15, 0.2) is 6.29 Å². The van der Waals surface area contributed by atoms with Gasteiger partial charge < -0.3 is 14.2 Å². The molecule has 0 amide bonds. The molecule has 1 aliphatic heterocycles. The van der Waals surface area contributed by atoms with Gasteiger partial charge >= 0.3 is 0 Å². The van der Waals surface area contributed by atoms with Crippen molar-refractivity contribution in [2.75, 3.05) is 19.8 Å². The second-order valence-electron chi connectivity index (χ2n) is 4.41. The number of hydrogen-bond acceptors (Lipinski definition) is 3. The van der Waals surface area contributed by atoms with Crippen LogP contribution in [0.5, 0.6) is 5.75 Å². The minimum Gasteiger partial charge on any atom is -0.493 e. The molecule has 0 N–H and O–H groups in total. The Hall–Kier alpha value is -1.06. The second kappa shape index (κ2) is 6.03. The lowest BCUT2D eigenvalue weighted by Gasteiger charge is -2.23. The van der Waals surface area contributed by atoms with E-state index in [1.807, 2.05) is 6.07 Å². The van der Waals surface area contributed by atoms with Gasteiger partial charge in [-0.1, -0.05) is 6.07 Å². The first kappa shape index (κ1) is 12.4. The molecule has 3 nitrogen and oxygen atoms in total. The van der Waals surface area contributed by atoms with Crippen LogP contribution in [0.15, 0.2) is 18.2 Å². The number of hydrogen-bond donors (Lipinski definition) is 0. The average molecular weight is 236 g/mol. The molecule has 1 fully saturated rings. The van der Waals surface area contributed by atoms with Crippen LogP contribution >= 0.6 is 0 Å². The summed E-state index contributed by atoms with van der Waals surface area (Å²) in [5.74, 6) is 0.920. The highest BCUT2D eigenvalue weighted by Gasteiger charge is 2.13. The summed E-state index contributed by atoms with van der Waals surface area (Å²) in [6.45, 7) is 6.42. The Kier molecular flexibility index (Phi) is 4.40. The first-order chi connectivity index (χ1) is 8.25. The summed E-state index contributed by atoms with van der Waals surface area (Å²) in [7, 11) is 0. The lowest BCUT2D eigenvalue weighted by molar-refractivity contribution is -0.183. The van der Waals surface area contributed by atoms with E-state index in [2.05, 4.69) is 26.0 Å². The van der Waals surface area contributed by atoms with Gasteiger partial charge in [-0.05, 0) is 43.5 Å². The number of aryl methyl sites for hydroxylation is 2. The van der Waals surface area contributed by atoms with E-state index >= 15 is 0 Å². The highest BCUT2D eigenvalue weighted by molar-refractivity contribution is 5.33. The molecule has 0 atom stereocenters. The quantitative estimate of drug-likeness (QED) is 0.804. The van der Waals surface area contributed by atoms with Crippen molar-refractivity contribution in [2.45, 2.75) is 33.0 Å². The molecule has 1 aromatic rings. The van der Waals surface area contributed by atoms with Crippen LogP contribution in [0, 0.1) is 13.8 Å². The van der Waals surface area contributed by atoms with Crippen LogP contribution in [0.3, 0.4) is 0 Å². The van der Waals surface area contributed by atoms with Crippen molar-refractivity contribution in [3.63, 3.8) is 0 Å². The Morgan fingerprint density at radius 1 is 1.18 bits per heavy atom. The minimum atomic E-state index is -0.0877. The zero-order chi connectivity index (χ0) is 12.1. The standard InChI is InChI=1S/C14H20O3/c1-11-4-5-13(10-12(11)2)15-9-6-14-16-7-3-8-17-14/h4-5,10,14H,3,6-9H2,1-2H3. The molecule has 0 aliphatic carbocycles. The Morgan fingerprint density at radius 3 is 2.65 bits per heavy atom. The predicted molar refractivity (Wildman–Crippen MR) is 66.3 cm³/mol. The molecule has 0 saturated carbocycles. The van der Waals surface area contributed by atoms with E-state index in [4.69, 9.17) is 14.2 Å². The molecule has 0 aromatic heterocycles. The number of benzene rings is 1. The van der Waals surface area contributed by atoms with E-state index in [1.165, 1.54) is 11.1 Å². The second-order valence-corrected chi connectivity index (χ2v) is 4.41. The third-order valence-electron chi connectivity index (χ3n) is 3.00. The van der Waals surface area contributed by atoms with E-state index in [0.29, 0.717) is 6.61 Å². The van der Waals surface area contributed by atoms with Gasteiger partial charge in [-0.15, -0.1) is 0 Å². The molecule has 17 heavy (non-hydrogen) atoms. The van der Waals surface area contributed by atoms with Gasteiger partial charge in [0, 0.05) is 6.42 Å². The summed E-state index contributed by atoms with van der Waals surface area (Å²) < 4.78 is 16.6. The van der Waals surface area contributed by atoms with Crippen molar-refractivity contribution in [1.82, 2.24) is 0 Å². The summed E-state index contributed by atoms with van der Waals surface area (Å²) in [5.41, 5.74) is 2.55. The van der Waals surface area contributed by atoms with E-state index in [-0.39, 0.29) is 6.29 Å². The summed E-state index contributed by atoms with van der Waals surface area (Å²) in [4.78, 5) is 0. The maximum absolute atomic E-state index is 5.68. The maximum atomic E-state index is 5.68. The summed E-state index contributed by atoms with van der Waals surface area (Å²) in [6.07, 6.45) is 1.69. The maximum Gasteiger partial charge on any atom is 0.160 e. The van der Waals surface area contributed by atoms with Crippen LogP contribution in [0.1, 0.15) is 24.0 Å². The van der Waals surface area contributed by atoms with Gasteiger partial charge in [-0.3, -0.25) is 0 Å². The Bertz CT molecular complexity index is 356. The van der Waals surface area contributed by atoms with E-state index in [1.54, 1.807) is 0 Å². The molecule has 0 radical (unpaired) electrons. The van der Waals surface area contributed by atoms with Crippen molar-refractivity contribution in [1.29, 1.82) is 0 Å². The van der Waals surface area contributed by atoms with Crippen molar-refractivity contribution in [3.05, 3.63) is 29.3 Å². The average Bonchev–Trinajstić information content (AvgIpc) is 2.35. The van der Waals surface area contributed by atoms with Crippen molar-refractivity contribution in [3.8, 4) is 5.75 Å². The molecule has 1 aliphatic rings. The highest BCUT2D eigenvalue weighted by atomic mass is 16.7. The zero-order valence-electron chi connectivity index (χ0n) is 10.6. The van der Waals surface area contributed by atoms with Gasteiger partial charge in [-0.2, -0.15) is 0 Å². The normalized spacial score (nSPS) is 17.1. The highest BCUT2D eigenvalue weighted by Crippen LogP contribution is 2.17. The fraction of sp³-hybridized carbons (Fsp3) is 0.571. The van der Waals surface area contributed by atoms with E-state index in [9.17, 15) is 0 Å². The van der Waals surface area contributed by atoms with Crippen molar-refractivity contribution >= 4 is 0 Å². The summed E-state index contributed by atoms with van der Waals surface area (Å²) in [5, 5.41) is 0. The SMILES string of the molecule is Cc1ccc(OCCC2OCCCO2)cc1C. The molecular weight excluding hydrogens is 216 g/mol. The molecule has 1 saturated heterocycles. The molecule has 2 rings (SSSR count). The summed E-state index contributed by atoms with van der Waals surface area (Å²) >= 11 is 0. The van der Waals surface area contributed by atoms with Crippen LogP contribution in [0.2, 0.25) is 0 Å². The zero-order valence-corrected chi connectivity index (χ0v) is 10.6. The van der Waals surface area contributed by atoms with Gasteiger partial charge in [0.2, 0.25) is 0 Å². The topological polar surface area (TPSA) is 27.7 Å². The van der Waals surface area contributed by atoms with Crippen molar-refractivity contribution in [2.24, 2.45) is 0 Å². The first-order valence-corrected chi connectivity index (χ1v) is 6.19. The Labute approximate surface area is 103 Å². The fourth-order valence-electron chi connectivity index (χ4n) is 1.78. The van der Waals surface area contributed by atoms with Gasteiger partial charge in [0.25, 0.3) is 0 Å². The van der Waals surface area contributed by atoms with Crippen LogP contribution < -0.4 is 4.74 Å². The first-order valence-electron chi connectivity index (χ1n) is 6.19. The fourth-order valence-corrected chi connectivity index (χ4v) is 1.78. The number of ether oxygens (including phenoxy) is 3. The van der Waals surface area contributed by atoms with Crippen LogP contribution in [-0.2, 0) is 9.47 Å². The van der Waals surface area contributed by atoms with Crippen LogP contribution in [0.4, 0.5) is 0 Å². The molecule has 0 unspecified atom stereocenters. The van der Waals surface area contributed by atoms with Gasteiger partial charge in [0.1, 0.15) is 5.75 Å².